The van der Waals surface area contributed by atoms with Crippen LogP contribution < -0.4 is 4.90 Å². The molecule has 2 aromatic heterocycles. The predicted octanol–water partition coefficient (Wildman–Crippen LogP) is 2.33. The van der Waals surface area contributed by atoms with Crippen LogP contribution in [0.3, 0.4) is 0 Å². The third-order valence-corrected chi connectivity index (χ3v) is 3.87. The van der Waals surface area contributed by atoms with E-state index >= 15 is 0 Å². The van der Waals surface area contributed by atoms with Crippen LogP contribution in [-0.4, -0.2) is 34.1 Å². The van der Waals surface area contributed by atoms with Gasteiger partial charge in [-0.05, 0) is 12.5 Å². The van der Waals surface area contributed by atoms with Gasteiger partial charge < -0.3 is 10.0 Å². The fraction of sp³-hybridized carbons (Fsp3) is 0.308. The molecule has 0 saturated carbocycles. The Morgan fingerprint density at radius 1 is 1.58 bits per heavy atom. The Morgan fingerprint density at radius 3 is 3.00 bits per heavy atom. The first-order valence-corrected chi connectivity index (χ1v) is 6.78. The lowest BCUT2D eigenvalue weighted by atomic mass is 10.3. The Bertz CT molecular complexity index is 609. The van der Waals surface area contributed by atoms with Crippen molar-refractivity contribution >= 4 is 33.3 Å². The van der Waals surface area contributed by atoms with Gasteiger partial charge >= 0.3 is 5.97 Å². The van der Waals surface area contributed by atoms with Gasteiger partial charge in [0.1, 0.15) is 23.5 Å². The second-order valence-electron chi connectivity index (χ2n) is 4.05. The largest absolute Gasteiger partial charge is 0.480 e. The van der Waals surface area contributed by atoms with Gasteiger partial charge in [-0.25, -0.2) is 9.97 Å². The van der Waals surface area contributed by atoms with Crippen molar-refractivity contribution in [1.29, 1.82) is 0 Å². The Morgan fingerprint density at radius 2 is 2.37 bits per heavy atom. The van der Waals surface area contributed by atoms with Gasteiger partial charge in [0.25, 0.3) is 0 Å². The lowest BCUT2D eigenvalue weighted by molar-refractivity contribution is -0.135. The lowest BCUT2D eigenvalue weighted by Crippen LogP contribution is -2.30. The van der Waals surface area contributed by atoms with E-state index in [2.05, 4.69) is 23.5 Å². The third kappa shape index (κ3) is 2.90. The molecule has 0 saturated heterocycles. The summed E-state index contributed by atoms with van der Waals surface area (Å²) in [5.74, 6) is -0.234. The molecule has 0 bridgehead atoms. The molecular weight excluding hydrogens is 262 g/mol. The number of carboxylic acids is 1. The highest BCUT2D eigenvalue weighted by Gasteiger charge is 2.15. The van der Waals surface area contributed by atoms with Crippen molar-refractivity contribution in [3.05, 3.63) is 29.9 Å². The van der Waals surface area contributed by atoms with Crippen LogP contribution in [0.4, 0.5) is 5.82 Å². The maximum absolute atomic E-state index is 10.9. The molecule has 0 amide bonds. The molecule has 2 rings (SSSR count). The normalized spacial score (nSPS) is 10.6. The number of rotatable bonds is 6. The van der Waals surface area contributed by atoms with E-state index in [1.54, 1.807) is 22.3 Å². The van der Waals surface area contributed by atoms with Crippen LogP contribution in [0, 0.1) is 0 Å². The van der Waals surface area contributed by atoms with E-state index in [4.69, 9.17) is 5.11 Å². The van der Waals surface area contributed by atoms with Gasteiger partial charge in [0.05, 0.1) is 5.39 Å². The molecule has 6 heteroatoms. The van der Waals surface area contributed by atoms with Crippen molar-refractivity contribution in [3.8, 4) is 0 Å². The van der Waals surface area contributed by atoms with Gasteiger partial charge in [0.2, 0.25) is 0 Å². The minimum absolute atomic E-state index is 0.102. The molecule has 100 valence electrons. The number of thiophene rings is 1. The number of aromatic nitrogens is 2. The number of hydrogen-bond acceptors (Lipinski definition) is 5. The molecule has 0 aliphatic carbocycles. The molecule has 19 heavy (non-hydrogen) atoms. The number of anilines is 1. The van der Waals surface area contributed by atoms with Crippen LogP contribution in [-0.2, 0) is 11.2 Å². The van der Waals surface area contributed by atoms with E-state index in [0.29, 0.717) is 12.4 Å². The van der Waals surface area contributed by atoms with Crippen molar-refractivity contribution in [2.24, 2.45) is 0 Å². The number of aryl methyl sites for hydroxylation is 1. The molecule has 1 N–H and O–H groups in total. The first kappa shape index (κ1) is 13.5. The first-order valence-electron chi connectivity index (χ1n) is 5.96. The average molecular weight is 277 g/mol. The van der Waals surface area contributed by atoms with Crippen molar-refractivity contribution in [1.82, 2.24) is 9.97 Å². The molecular formula is C13H15N3O2S. The topological polar surface area (TPSA) is 66.3 Å². The fourth-order valence-corrected chi connectivity index (χ4v) is 2.79. The Labute approximate surface area is 115 Å². The summed E-state index contributed by atoms with van der Waals surface area (Å²) in [7, 11) is 0. The minimum Gasteiger partial charge on any atom is -0.480 e. The van der Waals surface area contributed by atoms with Crippen LogP contribution in [0.5, 0.6) is 0 Å². The fourth-order valence-electron chi connectivity index (χ4n) is 1.86. The molecule has 0 aromatic carbocycles. The predicted molar refractivity (Wildman–Crippen MR) is 76.8 cm³/mol. The van der Waals surface area contributed by atoms with Crippen molar-refractivity contribution in [3.63, 3.8) is 0 Å². The van der Waals surface area contributed by atoms with Gasteiger partial charge in [-0.1, -0.05) is 13.0 Å². The summed E-state index contributed by atoms with van der Waals surface area (Å²) >= 11 is 1.61. The highest BCUT2D eigenvalue weighted by atomic mass is 32.1. The summed E-state index contributed by atoms with van der Waals surface area (Å²) in [4.78, 5) is 23.2. The molecule has 2 heterocycles. The summed E-state index contributed by atoms with van der Waals surface area (Å²) in [6.45, 7) is 6.08. The minimum atomic E-state index is -0.889. The second-order valence-corrected chi connectivity index (χ2v) is 5.16. The van der Waals surface area contributed by atoms with E-state index in [-0.39, 0.29) is 6.54 Å². The van der Waals surface area contributed by atoms with E-state index < -0.39 is 5.97 Å². The number of fused-ring (bicyclic) bond motifs is 1. The van der Waals surface area contributed by atoms with Crippen molar-refractivity contribution < 1.29 is 9.90 Å². The Kier molecular flexibility index (Phi) is 4.11. The van der Waals surface area contributed by atoms with Gasteiger partial charge in [0, 0.05) is 11.4 Å². The molecule has 0 fully saturated rings. The van der Waals surface area contributed by atoms with Gasteiger partial charge in [-0.3, -0.25) is 4.79 Å². The van der Waals surface area contributed by atoms with E-state index in [9.17, 15) is 4.79 Å². The standard InChI is InChI=1S/C13H15N3O2S/c1-3-5-16(7-11(17)18)12-10-6-9(4-2)19-13(10)15-8-14-12/h3,6,8H,1,4-5,7H2,2H3,(H,17,18). The molecule has 0 spiro atoms. The zero-order valence-electron chi connectivity index (χ0n) is 10.7. The Hall–Kier alpha value is -1.95. The molecule has 0 radical (unpaired) electrons. The number of hydrogen-bond donors (Lipinski definition) is 1. The number of carboxylic acid groups (broad SMARTS) is 1. The number of aliphatic carboxylic acids is 1. The third-order valence-electron chi connectivity index (χ3n) is 2.68. The van der Waals surface area contributed by atoms with E-state index in [1.807, 2.05) is 6.07 Å². The lowest BCUT2D eigenvalue weighted by Gasteiger charge is -2.20. The molecule has 0 unspecified atom stereocenters. The van der Waals surface area contributed by atoms with Crippen molar-refractivity contribution in [2.75, 3.05) is 18.0 Å². The molecule has 0 atom stereocenters. The number of carbonyl (C=O) groups is 1. The summed E-state index contributed by atoms with van der Waals surface area (Å²) < 4.78 is 0. The zero-order valence-corrected chi connectivity index (χ0v) is 11.5. The van der Waals surface area contributed by atoms with E-state index in [0.717, 1.165) is 16.6 Å². The van der Waals surface area contributed by atoms with Crippen molar-refractivity contribution in [2.45, 2.75) is 13.3 Å². The highest BCUT2D eigenvalue weighted by Crippen LogP contribution is 2.30. The SMILES string of the molecule is C=CCN(CC(=O)O)c1ncnc2sc(CC)cc12. The first-order chi connectivity index (χ1) is 9.15. The average Bonchev–Trinajstić information content (AvgIpc) is 2.80. The van der Waals surface area contributed by atoms with E-state index in [1.165, 1.54) is 11.2 Å². The molecule has 0 aliphatic rings. The maximum Gasteiger partial charge on any atom is 0.323 e. The monoisotopic (exact) mass is 277 g/mol. The summed E-state index contributed by atoms with van der Waals surface area (Å²) in [6, 6.07) is 2.03. The van der Waals surface area contributed by atoms with Crippen LogP contribution >= 0.6 is 11.3 Å². The maximum atomic E-state index is 10.9. The van der Waals surface area contributed by atoms with Gasteiger partial charge in [-0.2, -0.15) is 0 Å². The smallest absolute Gasteiger partial charge is 0.323 e. The second kappa shape index (κ2) is 5.79. The Balaban J connectivity index is 2.48. The van der Waals surface area contributed by atoms with Gasteiger partial charge in [-0.15, -0.1) is 17.9 Å². The van der Waals surface area contributed by atoms with Crippen LogP contribution in [0.15, 0.2) is 25.0 Å². The molecule has 0 aliphatic heterocycles. The zero-order chi connectivity index (χ0) is 13.8. The van der Waals surface area contributed by atoms with Crippen LogP contribution in [0.2, 0.25) is 0 Å². The summed E-state index contributed by atoms with van der Waals surface area (Å²) in [5, 5.41) is 9.89. The quantitative estimate of drug-likeness (QED) is 0.821. The molecule has 2 aromatic rings. The van der Waals surface area contributed by atoms with Crippen LogP contribution in [0.25, 0.3) is 10.2 Å². The molecule has 5 nitrogen and oxygen atoms in total. The summed E-state index contributed by atoms with van der Waals surface area (Å²) in [6.07, 6.45) is 4.08. The van der Waals surface area contributed by atoms with Gasteiger partial charge in [0.15, 0.2) is 0 Å². The van der Waals surface area contributed by atoms with Crippen LogP contribution in [0.1, 0.15) is 11.8 Å². The number of nitrogens with zero attached hydrogens (tertiary/aromatic N) is 3. The summed E-state index contributed by atoms with van der Waals surface area (Å²) in [5.41, 5.74) is 0. The highest BCUT2D eigenvalue weighted by molar-refractivity contribution is 7.18.